The van der Waals surface area contributed by atoms with Gasteiger partial charge in [-0.05, 0) is 41.8 Å². The fourth-order valence-electron chi connectivity index (χ4n) is 7.63. The molecular weight excluding hydrogens is 598 g/mol. The Labute approximate surface area is 272 Å². The van der Waals surface area contributed by atoms with Gasteiger partial charge in [0.1, 0.15) is 23.7 Å². The van der Waals surface area contributed by atoms with E-state index in [2.05, 4.69) is 5.32 Å². The van der Waals surface area contributed by atoms with Crippen molar-refractivity contribution in [2.75, 3.05) is 24.6 Å². The number of β-amino-alcohol motifs (C(OH)–C–C–N with tert-alkyl or cyclic N) is 1. The van der Waals surface area contributed by atoms with Crippen molar-refractivity contribution in [2.45, 2.75) is 49.7 Å². The van der Waals surface area contributed by atoms with Crippen LogP contribution in [0.2, 0.25) is 0 Å². The van der Waals surface area contributed by atoms with Gasteiger partial charge in [0.05, 0.1) is 24.7 Å². The average molecular weight is 636 g/mol. The van der Waals surface area contributed by atoms with Gasteiger partial charge in [0.15, 0.2) is 0 Å². The van der Waals surface area contributed by atoms with Gasteiger partial charge in [-0.1, -0.05) is 85.0 Å². The monoisotopic (exact) mass is 635 g/mol. The summed E-state index contributed by atoms with van der Waals surface area (Å²) in [5.74, 6) is -3.82. The molecule has 4 aliphatic rings. The molecule has 0 aliphatic carbocycles. The third-order valence-electron chi connectivity index (χ3n) is 9.73. The molecular formula is C37H37N3O7. The number of hydrogen-bond acceptors (Lipinski definition) is 7. The quantitative estimate of drug-likeness (QED) is 0.332. The number of benzene rings is 3. The second kappa shape index (κ2) is 12.4. The summed E-state index contributed by atoms with van der Waals surface area (Å²) in [7, 11) is 0. The molecule has 10 nitrogen and oxygen atoms in total. The highest BCUT2D eigenvalue weighted by atomic mass is 16.6. The van der Waals surface area contributed by atoms with Gasteiger partial charge in [-0.25, -0.2) is 0 Å². The number of carbonyl (C=O) groups is 4. The van der Waals surface area contributed by atoms with Crippen LogP contribution in [0.4, 0.5) is 5.69 Å². The Morgan fingerprint density at radius 3 is 2.49 bits per heavy atom. The van der Waals surface area contributed by atoms with Crippen molar-refractivity contribution in [3.8, 4) is 0 Å². The van der Waals surface area contributed by atoms with Crippen molar-refractivity contribution in [2.24, 2.45) is 11.8 Å². The van der Waals surface area contributed by atoms with Crippen molar-refractivity contribution in [1.82, 2.24) is 10.2 Å². The molecule has 7 atom stereocenters. The zero-order chi connectivity index (χ0) is 32.7. The summed E-state index contributed by atoms with van der Waals surface area (Å²) in [6, 6.07) is 21.1. The standard InChI is InChI=1S/C37H37N3O7/c1-23-32(25-11-3-2-4-12-25)46-36(45)30-28(14-7-8-15-29(42)38-23)47-37-18-9-19-39(27-17-16-24-10-5-6-13-26(24)22-27)35(44)33(37)40(20-21-41)34(43)31(30)37/h2-7,9-14,16-18,22-23,28,30-33,41H,8,15,19-21H2,1H3,(H,38,42)/b14-7-/t23-,28-,30+,31+,32+,33-,37+/m0/s1. The molecule has 0 unspecified atom stereocenters. The van der Waals surface area contributed by atoms with Gasteiger partial charge in [-0.3, -0.25) is 19.2 Å². The van der Waals surface area contributed by atoms with E-state index in [9.17, 15) is 24.3 Å². The Morgan fingerprint density at radius 1 is 0.936 bits per heavy atom. The second-order valence-electron chi connectivity index (χ2n) is 12.6. The summed E-state index contributed by atoms with van der Waals surface area (Å²) in [5, 5.41) is 15.0. The van der Waals surface area contributed by atoms with Gasteiger partial charge in [0.2, 0.25) is 11.8 Å². The molecule has 7 rings (SSSR count). The lowest BCUT2D eigenvalue weighted by atomic mass is 9.77. The van der Waals surface area contributed by atoms with Crippen LogP contribution >= 0.6 is 0 Å². The molecule has 0 saturated carbocycles. The average Bonchev–Trinajstić information content (AvgIpc) is 3.45. The topological polar surface area (TPSA) is 125 Å². The molecule has 1 spiro atoms. The molecule has 0 radical (unpaired) electrons. The van der Waals surface area contributed by atoms with E-state index in [-0.39, 0.29) is 37.9 Å². The fraction of sp³-hybridized carbons (Fsp3) is 0.351. The van der Waals surface area contributed by atoms with Gasteiger partial charge < -0.3 is 29.7 Å². The van der Waals surface area contributed by atoms with Gasteiger partial charge in [0.25, 0.3) is 5.91 Å². The predicted molar refractivity (Wildman–Crippen MR) is 174 cm³/mol. The number of nitrogens with zero attached hydrogens (tertiary/aromatic N) is 2. The van der Waals surface area contributed by atoms with Gasteiger partial charge in [-0.15, -0.1) is 0 Å². The minimum absolute atomic E-state index is 0.103. The van der Waals surface area contributed by atoms with Gasteiger partial charge in [-0.2, -0.15) is 0 Å². The minimum Gasteiger partial charge on any atom is -0.455 e. The summed E-state index contributed by atoms with van der Waals surface area (Å²) in [4.78, 5) is 59.1. The lowest BCUT2D eigenvalue weighted by Crippen LogP contribution is -2.55. The largest absolute Gasteiger partial charge is 0.455 e. The Hall–Kier alpha value is -4.80. The van der Waals surface area contributed by atoms with Crippen LogP contribution in [0.25, 0.3) is 10.8 Å². The number of carbonyl (C=O) groups excluding carboxylic acids is 4. The highest BCUT2D eigenvalue weighted by molar-refractivity contribution is 6.06. The fourth-order valence-corrected chi connectivity index (χ4v) is 7.63. The summed E-state index contributed by atoms with van der Waals surface area (Å²) >= 11 is 0. The van der Waals surface area contributed by atoms with Crippen LogP contribution in [-0.4, -0.2) is 77.2 Å². The van der Waals surface area contributed by atoms with Crippen LogP contribution in [0.3, 0.4) is 0 Å². The number of amides is 3. The van der Waals surface area contributed by atoms with Crippen LogP contribution in [-0.2, 0) is 28.7 Å². The van der Waals surface area contributed by atoms with Crippen molar-refractivity contribution < 1.29 is 33.8 Å². The molecule has 2 saturated heterocycles. The predicted octanol–water partition coefficient (Wildman–Crippen LogP) is 3.45. The van der Waals surface area contributed by atoms with E-state index in [1.54, 1.807) is 30.1 Å². The second-order valence-corrected chi connectivity index (χ2v) is 12.6. The number of rotatable bonds is 4. The Balaban J connectivity index is 1.30. The molecule has 242 valence electrons. The number of likely N-dealkylation sites (tertiary alicyclic amines) is 1. The maximum Gasteiger partial charge on any atom is 0.313 e. The Morgan fingerprint density at radius 2 is 1.70 bits per heavy atom. The number of nitrogens with one attached hydrogen (secondary N) is 1. The first-order chi connectivity index (χ1) is 22.8. The first-order valence-electron chi connectivity index (χ1n) is 16.1. The number of aliphatic hydroxyl groups is 1. The van der Waals surface area contributed by atoms with E-state index in [1.165, 1.54) is 4.90 Å². The molecule has 47 heavy (non-hydrogen) atoms. The number of aliphatic hydroxyl groups excluding tert-OH is 1. The van der Waals surface area contributed by atoms with Crippen LogP contribution in [0, 0.1) is 11.8 Å². The van der Waals surface area contributed by atoms with E-state index in [4.69, 9.17) is 9.47 Å². The number of esters is 1. The number of anilines is 1. The highest BCUT2D eigenvalue weighted by Crippen LogP contribution is 2.53. The number of allylic oxidation sites excluding steroid dienone is 1. The smallest absolute Gasteiger partial charge is 0.313 e. The Kier molecular flexibility index (Phi) is 8.15. The van der Waals surface area contributed by atoms with Crippen LogP contribution in [0.1, 0.15) is 31.4 Å². The van der Waals surface area contributed by atoms with Crippen molar-refractivity contribution in [3.05, 3.63) is 103 Å². The summed E-state index contributed by atoms with van der Waals surface area (Å²) in [6.45, 7) is 1.53. The van der Waals surface area contributed by atoms with Crippen molar-refractivity contribution in [1.29, 1.82) is 0 Å². The van der Waals surface area contributed by atoms with Crippen LogP contribution in [0.15, 0.2) is 97.1 Å². The number of fused-ring (bicyclic) bond motifs is 3. The van der Waals surface area contributed by atoms with Gasteiger partial charge in [0, 0.05) is 25.2 Å². The molecule has 4 aliphatic heterocycles. The molecule has 4 heterocycles. The molecule has 2 N–H and O–H groups in total. The summed E-state index contributed by atoms with van der Waals surface area (Å²) < 4.78 is 12.9. The highest BCUT2D eigenvalue weighted by Gasteiger charge is 2.71. The maximum atomic E-state index is 14.6. The third-order valence-corrected chi connectivity index (χ3v) is 9.73. The zero-order valence-electron chi connectivity index (χ0n) is 26.0. The van der Waals surface area contributed by atoms with E-state index in [0.717, 1.165) is 10.8 Å². The molecule has 3 aromatic rings. The van der Waals surface area contributed by atoms with Gasteiger partial charge >= 0.3 is 5.97 Å². The van der Waals surface area contributed by atoms with E-state index < -0.39 is 53.6 Å². The SMILES string of the molecule is C[C@@H]1NC(=O)CC/C=C\[C@@H]2O[C@@]34C=CCN(c5ccc6ccccc6c5)C(=O)[C@@H]3N(CCO)C(=O)[C@H]4[C@@H]2C(=O)O[C@H]1c1ccccc1. The lowest BCUT2D eigenvalue weighted by Gasteiger charge is -2.35. The normalized spacial score (nSPS) is 31.6. The molecule has 0 aromatic heterocycles. The molecule has 3 amide bonds. The van der Waals surface area contributed by atoms with Crippen LogP contribution < -0.4 is 10.2 Å². The molecule has 3 aromatic carbocycles. The summed E-state index contributed by atoms with van der Waals surface area (Å²) in [6.07, 6.45) is 5.94. The van der Waals surface area contributed by atoms with Crippen LogP contribution in [0.5, 0.6) is 0 Å². The summed E-state index contributed by atoms with van der Waals surface area (Å²) in [5.41, 5.74) is -0.133. The van der Waals surface area contributed by atoms with E-state index in [1.807, 2.05) is 78.9 Å². The molecule has 0 bridgehead atoms. The molecule has 10 heteroatoms. The lowest BCUT2D eigenvalue weighted by molar-refractivity contribution is -0.161. The first-order valence-corrected chi connectivity index (χ1v) is 16.1. The van der Waals surface area contributed by atoms with E-state index in [0.29, 0.717) is 17.7 Å². The third kappa shape index (κ3) is 5.31. The number of cyclic esters (lactones) is 1. The maximum absolute atomic E-state index is 14.6. The Bertz CT molecular complexity index is 1770. The zero-order valence-corrected chi connectivity index (χ0v) is 26.0. The molecule has 2 fully saturated rings. The van der Waals surface area contributed by atoms with E-state index >= 15 is 0 Å². The first kappa shape index (κ1) is 30.8. The van der Waals surface area contributed by atoms with Crippen molar-refractivity contribution >= 4 is 40.2 Å². The van der Waals surface area contributed by atoms with Crippen molar-refractivity contribution in [3.63, 3.8) is 0 Å². The number of hydrogen-bond donors (Lipinski definition) is 2. The minimum atomic E-state index is -1.49. The number of ether oxygens (including phenoxy) is 2.